The van der Waals surface area contributed by atoms with Gasteiger partial charge in [-0.1, -0.05) is 61.0 Å². The number of hydrogen-bond acceptors (Lipinski definition) is 9. The van der Waals surface area contributed by atoms with Crippen LogP contribution in [0, 0.1) is 23.5 Å². The fourth-order valence-electron chi connectivity index (χ4n) is 12.3. The molecule has 4 fully saturated rings. The molecule has 5 aliphatic rings. The van der Waals surface area contributed by atoms with Crippen LogP contribution in [-0.4, -0.2) is 102 Å². The second kappa shape index (κ2) is 20.4. The van der Waals surface area contributed by atoms with Gasteiger partial charge in [0, 0.05) is 105 Å². The minimum atomic E-state index is -1.09. The van der Waals surface area contributed by atoms with Crippen molar-refractivity contribution < 1.29 is 42.2 Å². The van der Waals surface area contributed by atoms with Gasteiger partial charge in [0.15, 0.2) is 23.0 Å². The highest BCUT2D eigenvalue weighted by atomic mass is 35.5. The number of amides is 6. The summed E-state index contributed by atoms with van der Waals surface area (Å²) in [5, 5.41) is 11.3. The second-order valence-electron chi connectivity index (χ2n) is 20.4. The van der Waals surface area contributed by atoms with Gasteiger partial charge in [-0.15, -0.1) is 0 Å². The van der Waals surface area contributed by atoms with Crippen LogP contribution in [0.5, 0.6) is 11.5 Å². The molecule has 6 amide bonds. The Kier molecular flexibility index (Phi) is 13.9. The first-order chi connectivity index (χ1) is 35.2. The van der Waals surface area contributed by atoms with E-state index in [9.17, 15) is 24.0 Å². The van der Waals surface area contributed by atoms with E-state index in [-0.39, 0.29) is 87.7 Å². The molecule has 5 aromatic rings. The number of fused-ring (bicyclic) bond motifs is 2. The number of likely N-dealkylation sites (tertiary alicyclic amines) is 2. The number of carbonyl (C=O) groups is 5. The van der Waals surface area contributed by atoms with Gasteiger partial charge in [0.05, 0.1) is 23.2 Å². The molecular formula is C55H61ClF2N8O7. The van der Waals surface area contributed by atoms with E-state index in [1.54, 1.807) is 0 Å². The third-order valence-corrected chi connectivity index (χ3v) is 16.7. The second-order valence-corrected chi connectivity index (χ2v) is 20.8. The first-order valence-corrected chi connectivity index (χ1v) is 25.8. The number of urea groups is 1. The van der Waals surface area contributed by atoms with Crippen molar-refractivity contribution in [2.75, 3.05) is 51.3 Å². The summed E-state index contributed by atoms with van der Waals surface area (Å²) in [6.07, 6.45) is 6.82. The van der Waals surface area contributed by atoms with Crippen molar-refractivity contribution in [1.82, 2.24) is 30.2 Å². The van der Waals surface area contributed by atoms with Crippen molar-refractivity contribution in [2.24, 2.45) is 24.6 Å². The lowest BCUT2D eigenvalue weighted by Crippen LogP contribution is -2.49. The SMILES string of the molecule is COc1ccc(C(N)=O)c(-c2c(Cl)c(F)cc3c2C(C)C(CNC2CCC(C(=O)N4CCC(CC(=O)N5CCC(c6cccc7c(N8CCC(=O)NC8=O)nn(C)c67)CC5)CC4)CC2)(c2ccccc2)O3)c1F. The third kappa shape index (κ3) is 9.27. The monoisotopic (exact) mass is 1020 g/mol. The lowest BCUT2D eigenvalue weighted by Gasteiger charge is -2.39. The van der Waals surface area contributed by atoms with E-state index in [0.717, 1.165) is 60.6 Å². The van der Waals surface area contributed by atoms with Crippen LogP contribution in [0.25, 0.3) is 22.0 Å². The summed E-state index contributed by atoms with van der Waals surface area (Å²) in [5.74, 6) is -2.24. The molecule has 2 atom stereocenters. The summed E-state index contributed by atoms with van der Waals surface area (Å²) < 4.78 is 45.9. The fourth-order valence-corrected chi connectivity index (χ4v) is 12.5. The molecule has 0 spiro atoms. The average molecular weight is 1020 g/mol. The van der Waals surface area contributed by atoms with Crippen molar-refractivity contribution in [3.8, 4) is 22.6 Å². The summed E-state index contributed by atoms with van der Waals surface area (Å²) >= 11 is 6.70. The lowest BCUT2D eigenvalue weighted by molar-refractivity contribution is -0.138. The topological polar surface area (TPSA) is 181 Å². The molecule has 2 unspecified atom stereocenters. The molecule has 1 aliphatic carbocycles. The summed E-state index contributed by atoms with van der Waals surface area (Å²) in [6.45, 7) is 5.08. The van der Waals surface area contributed by atoms with Crippen molar-refractivity contribution in [3.05, 3.63) is 106 Å². The van der Waals surface area contributed by atoms with Crippen LogP contribution in [0.1, 0.15) is 110 Å². The highest BCUT2D eigenvalue weighted by molar-refractivity contribution is 6.34. The van der Waals surface area contributed by atoms with Crippen LogP contribution in [0.15, 0.2) is 66.7 Å². The van der Waals surface area contributed by atoms with E-state index in [0.29, 0.717) is 63.4 Å². The van der Waals surface area contributed by atoms with Crippen LogP contribution in [0.4, 0.5) is 19.4 Å². The number of methoxy groups -OCH3 is 1. The highest BCUT2D eigenvalue weighted by Gasteiger charge is 2.50. The molecular weight excluding hydrogens is 958 g/mol. The van der Waals surface area contributed by atoms with Crippen LogP contribution >= 0.6 is 11.6 Å². The number of aryl methyl sites for hydroxylation is 1. The van der Waals surface area contributed by atoms with Crippen molar-refractivity contribution >= 4 is 58.0 Å². The van der Waals surface area contributed by atoms with Gasteiger partial charge in [-0.25, -0.2) is 13.6 Å². The Bertz CT molecular complexity index is 2980. The van der Waals surface area contributed by atoms with E-state index in [2.05, 4.69) is 16.7 Å². The summed E-state index contributed by atoms with van der Waals surface area (Å²) in [5.41, 5.74) is 7.56. The van der Waals surface area contributed by atoms with Gasteiger partial charge >= 0.3 is 6.03 Å². The molecule has 4 aromatic carbocycles. The number of piperidine rings is 2. The number of benzene rings is 4. The van der Waals surface area contributed by atoms with Gasteiger partial charge in [0.25, 0.3) is 0 Å². The van der Waals surface area contributed by atoms with Gasteiger partial charge < -0.3 is 30.3 Å². The van der Waals surface area contributed by atoms with E-state index < -0.39 is 35.1 Å². The van der Waals surface area contributed by atoms with E-state index in [4.69, 9.17) is 31.9 Å². The van der Waals surface area contributed by atoms with Crippen molar-refractivity contribution in [2.45, 2.75) is 94.6 Å². The van der Waals surface area contributed by atoms with E-state index >= 15 is 8.78 Å². The number of nitrogens with one attached hydrogen (secondary N) is 2. The standard InChI is InChI=1S/C55H61ClF2N8O7/c1-31-45-42(29-40(57)48(56)47(45)46-38(51(59)69)16-17-41(72-3)49(46)58)73-55(31,35-8-5-4-6-9-35)30-60-36-14-12-34(13-15-36)53(70)65-23-18-32(19-24-65)28-44(68)64-25-20-33(21-26-64)37-10-7-11-39-50(37)63(2)62-52(39)66-27-22-43(67)61-54(66)71/h4-11,16-17,29,31-34,36,60H,12-15,18-28,30H2,1-3H3,(H2,59,69)(H,61,67,71). The number of primary amides is 1. The Labute approximate surface area is 427 Å². The molecule has 384 valence electrons. The van der Waals surface area contributed by atoms with Crippen LogP contribution < -0.4 is 30.7 Å². The number of nitrogens with zero attached hydrogens (tertiary/aromatic N) is 5. The fraction of sp³-hybridized carbons (Fsp3) is 0.455. The van der Waals surface area contributed by atoms with Crippen LogP contribution in [0.3, 0.4) is 0 Å². The summed E-state index contributed by atoms with van der Waals surface area (Å²) in [4.78, 5) is 70.3. The third-order valence-electron chi connectivity index (χ3n) is 16.3. The number of nitrogens with two attached hydrogens (primary N) is 1. The molecule has 15 nitrogen and oxygen atoms in total. The molecule has 1 saturated carbocycles. The maximum Gasteiger partial charge on any atom is 0.329 e. The Morgan fingerprint density at radius 2 is 1.62 bits per heavy atom. The summed E-state index contributed by atoms with van der Waals surface area (Å²) in [7, 11) is 3.17. The molecule has 0 bridgehead atoms. The maximum atomic E-state index is 16.2. The Hall–Kier alpha value is -6.59. The number of imide groups is 1. The zero-order valence-corrected chi connectivity index (χ0v) is 42.1. The number of para-hydroxylation sites is 1. The normalized spacial score (nSPS) is 22.8. The largest absolute Gasteiger partial charge is 0.494 e. The van der Waals surface area contributed by atoms with Crippen molar-refractivity contribution in [1.29, 1.82) is 0 Å². The number of carbonyl (C=O) groups excluding carboxylic acids is 5. The molecule has 0 radical (unpaired) electrons. The zero-order chi connectivity index (χ0) is 51.3. The van der Waals surface area contributed by atoms with Gasteiger partial charge in [-0.05, 0) is 92.5 Å². The number of aromatic nitrogens is 2. The first-order valence-electron chi connectivity index (χ1n) is 25.5. The predicted octanol–water partition coefficient (Wildman–Crippen LogP) is 8.30. The molecule has 4 N–H and O–H groups in total. The zero-order valence-electron chi connectivity index (χ0n) is 41.4. The Morgan fingerprint density at radius 1 is 0.904 bits per heavy atom. The first kappa shape index (κ1) is 50.0. The van der Waals surface area contributed by atoms with Gasteiger partial charge in [-0.2, -0.15) is 5.10 Å². The average Bonchev–Trinajstić information content (AvgIpc) is 3.89. The molecule has 18 heteroatoms. The summed E-state index contributed by atoms with van der Waals surface area (Å²) in [6, 6.07) is 19.1. The van der Waals surface area contributed by atoms with Gasteiger partial charge in [0.2, 0.25) is 23.6 Å². The van der Waals surface area contributed by atoms with E-state index in [1.165, 1.54) is 30.2 Å². The highest BCUT2D eigenvalue weighted by Crippen LogP contribution is 2.56. The molecule has 1 aromatic heterocycles. The minimum Gasteiger partial charge on any atom is -0.494 e. The number of anilines is 1. The molecule has 73 heavy (non-hydrogen) atoms. The Morgan fingerprint density at radius 3 is 2.30 bits per heavy atom. The predicted molar refractivity (Wildman–Crippen MR) is 271 cm³/mol. The molecule has 5 heterocycles. The van der Waals surface area contributed by atoms with E-state index in [1.807, 2.05) is 70.9 Å². The number of rotatable bonds is 12. The van der Waals surface area contributed by atoms with Crippen LogP contribution in [0.2, 0.25) is 5.02 Å². The van der Waals surface area contributed by atoms with Crippen LogP contribution in [-0.2, 0) is 27.0 Å². The lowest BCUT2D eigenvalue weighted by atomic mass is 9.77. The van der Waals surface area contributed by atoms with Crippen molar-refractivity contribution in [3.63, 3.8) is 0 Å². The number of hydrogen-bond donors (Lipinski definition) is 3. The molecule has 10 rings (SSSR count). The molecule has 3 saturated heterocycles. The maximum absolute atomic E-state index is 16.2. The quantitative estimate of drug-likeness (QED) is 0.111. The number of ether oxygens (including phenoxy) is 2. The van der Waals surface area contributed by atoms with Gasteiger partial charge in [-0.3, -0.25) is 34.1 Å². The smallest absolute Gasteiger partial charge is 0.329 e. The number of halogens is 3. The molecule has 4 aliphatic heterocycles. The van der Waals surface area contributed by atoms with Gasteiger partial charge in [0.1, 0.15) is 11.6 Å². The minimum absolute atomic E-state index is 0.0149. The Balaban J connectivity index is 0.727.